The summed E-state index contributed by atoms with van der Waals surface area (Å²) in [5.74, 6) is -0.0864. The summed E-state index contributed by atoms with van der Waals surface area (Å²) in [6, 6.07) is 16.8. The Morgan fingerprint density at radius 1 is 1.04 bits per heavy atom. The van der Waals surface area contributed by atoms with E-state index in [4.69, 9.17) is 0 Å². The zero-order valence-electron chi connectivity index (χ0n) is 13.1. The van der Waals surface area contributed by atoms with Crippen LogP contribution < -0.4 is 14.3 Å². The van der Waals surface area contributed by atoms with Crippen molar-refractivity contribution in [3.63, 3.8) is 0 Å². The Balaban J connectivity index is 1.50. The summed E-state index contributed by atoms with van der Waals surface area (Å²) >= 11 is 0. The number of carbonyl (C=O) groups is 1. The molecule has 0 saturated heterocycles. The molecule has 1 aliphatic heterocycles. The van der Waals surface area contributed by atoms with Crippen molar-refractivity contribution in [1.82, 2.24) is 5.32 Å². The molecule has 0 bridgehead atoms. The summed E-state index contributed by atoms with van der Waals surface area (Å²) in [4.78, 5) is 11.9. The number of rotatable bonds is 6. The van der Waals surface area contributed by atoms with Crippen LogP contribution in [0, 0.1) is 0 Å². The molecule has 126 valence electrons. The van der Waals surface area contributed by atoms with Crippen molar-refractivity contribution in [3.8, 4) is 0 Å². The highest BCUT2D eigenvalue weighted by Crippen LogP contribution is 2.34. The van der Waals surface area contributed by atoms with Crippen molar-refractivity contribution in [2.45, 2.75) is 12.8 Å². The standard InChI is InChI=1S/C17H19N3O3S/c21-17(11-10-14-6-2-1-3-7-14)18-12-13-20-16-9-5-4-8-15(16)19-24(20,22)23/h1-9,19H,10-13H2,(H,18,21). The maximum Gasteiger partial charge on any atom is 0.324 e. The van der Waals surface area contributed by atoms with Crippen LogP contribution in [0.1, 0.15) is 12.0 Å². The van der Waals surface area contributed by atoms with Crippen molar-refractivity contribution in [3.05, 3.63) is 60.2 Å². The molecule has 0 atom stereocenters. The largest absolute Gasteiger partial charge is 0.354 e. The minimum absolute atomic E-state index is 0.0864. The number of anilines is 2. The van der Waals surface area contributed by atoms with E-state index in [2.05, 4.69) is 10.0 Å². The fourth-order valence-corrected chi connectivity index (χ4v) is 3.94. The Morgan fingerprint density at radius 2 is 1.75 bits per heavy atom. The molecule has 6 nitrogen and oxygen atoms in total. The first kappa shape index (κ1) is 16.3. The first-order valence-electron chi connectivity index (χ1n) is 7.76. The van der Waals surface area contributed by atoms with Gasteiger partial charge in [0.05, 0.1) is 17.9 Å². The smallest absolute Gasteiger partial charge is 0.324 e. The molecule has 2 aromatic rings. The molecule has 2 N–H and O–H groups in total. The maximum absolute atomic E-state index is 12.1. The number of hydrogen-bond donors (Lipinski definition) is 2. The Kier molecular flexibility index (Phi) is 4.71. The van der Waals surface area contributed by atoms with Crippen molar-refractivity contribution in [1.29, 1.82) is 0 Å². The Bertz CT molecular complexity index is 822. The number of para-hydroxylation sites is 2. The molecule has 7 heteroatoms. The number of hydrogen-bond acceptors (Lipinski definition) is 3. The van der Waals surface area contributed by atoms with Gasteiger partial charge < -0.3 is 5.32 Å². The lowest BCUT2D eigenvalue weighted by atomic mass is 10.1. The number of benzene rings is 2. The Hall–Kier alpha value is -2.54. The van der Waals surface area contributed by atoms with Gasteiger partial charge in [-0.25, -0.2) is 4.31 Å². The lowest BCUT2D eigenvalue weighted by Gasteiger charge is -2.17. The quantitative estimate of drug-likeness (QED) is 0.839. The molecule has 0 unspecified atom stereocenters. The molecule has 0 radical (unpaired) electrons. The normalized spacial score (nSPS) is 14.8. The molecule has 0 fully saturated rings. The first-order valence-corrected chi connectivity index (χ1v) is 9.20. The molecule has 3 rings (SSSR count). The maximum atomic E-state index is 12.1. The van der Waals surface area contributed by atoms with E-state index in [1.54, 1.807) is 24.3 Å². The third kappa shape index (κ3) is 3.68. The number of carbonyl (C=O) groups excluding carboxylic acids is 1. The Labute approximate surface area is 141 Å². The number of aryl methyl sites for hydroxylation is 1. The van der Waals surface area contributed by atoms with E-state index in [0.717, 1.165) is 5.56 Å². The summed E-state index contributed by atoms with van der Waals surface area (Å²) in [7, 11) is -3.57. The second-order valence-electron chi connectivity index (χ2n) is 5.53. The van der Waals surface area contributed by atoms with E-state index >= 15 is 0 Å². The van der Waals surface area contributed by atoms with Gasteiger partial charge in [-0.15, -0.1) is 0 Å². The number of fused-ring (bicyclic) bond motifs is 1. The van der Waals surface area contributed by atoms with Crippen molar-refractivity contribution >= 4 is 27.5 Å². The molecule has 0 saturated carbocycles. The van der Waals surface area contributed by atoms with E-state index in [0.29, 0.717) is 24.2 Å². The molecular formula is C17H19N3O3S. The fraction of sp³-hybridized carbons (Fsp3) is 0.235. The monoisotopic (exact) mass is 345 g/mol. The lowest BCUT2D eigenvalue weighted by Crippen LogP contribution is -2.38. The van der Waals surface area contributed by atoms with E-state index in [9.17, 15) is 13.2 Å². The molecule has 2 aromatic carbocycles. The highest BCUT2D eigenvalue weighted by atomic mass is 32.2. The van der Waals surface area contributed by atoms with Gasteiger partial charge in [0.15, 0.2) is 0 Å². The summed E-state index contributed by atoms with van der Waals surface area (Å²) < 4.78 is 28.0. The van der Waals surface area contributed by atoms with Crippen LogP contribution in [0.3, 0.4) is 0 Å². The van der Waals surface area contributed by atoms with Gasteiger partial charge in [-0.3, -0.25) is 9.52 Å². The number of amides is 1. The minimum atomic E-state index is -3.57. The van der Waals surface area contributed by atoms with Crippen LogP contribution in [0.25, 0.3) is 0 Å². The summed E-state index contributed by atoms with van der Waals surface area (Å²) in [6.45, 7) is 0.465. The van der Waals surface area contributed by atoms with E-state index in [-0.39, 0.29) is 19.0 Å². The van der Waals surface area contributed by atoms with Crippen LogP contribution in [0.2, 0.25) is 0 Å². The van der Waals surface area contributed by atoms with Gasteiger partial charge in [0.1, 0.15) is 0 Å². The van der Waals surface area contributed by atoms with Crippen LogP contribution in [0.5, 0.6) is 0 Å². The minimum Gasteiger partial charge on any atom is -0.354 e. The average Bonchev–Trinajstić information content (AvgIpc) is 2.84. The fourth-order valence-electron chi connectivity index (χ4n) is 2.63. The van der Waals surface area contributed by atoms with Crippen LogP contribution in [0.4, 0.5) is 11.4 Å². The van der Waals surface area contributed by atoms with Gasteiger partial charge in [0, 0.05) is 13.0 Å². The van der Waals surface area contributed by atoms with Gasteiger partial charge in [-0.1, -0.05) is 42.5 Å². The van der Waals surface area contributed by atoms with Crippen molar-refractivity contribution in [2.24, 2.45) is 0 Å². The predicted molar refractivity (Wildman–Crippen MR) is 94.1 cm³/mol. The van der Waals surface area contributed by atoms with Gasteiger partial charge in [-0.2, -0.15) is 8.42 Å². The van der Waals surface area contributed by atoms with Crippen molar-refractivity contribution < 1.29 is 13.2 Å². The lowest BCUT2D eigenvalue weighted by molar-refractivity contribution is -0.120. The van der Waals surface area contributed by atoms with Crippen LogP contribution >= 0.6 is 0 Å². The van der Waals surface area contributed by atoms with E-state index in [1.807, 2.05) is 30.3 Å². The average molecular weight is 345 g/mol. The number of nitrogens with one attached hydrogen (secondary N) is 2. The third-order valence-corrected chi connectivity index (χ3v) is 5.26. The van der Waals surface area contributed by atoms with Crippen molar-refractivity contribution in [2.75, 3.05) is 22.1 Å². The van der Waals surface area contributed by atoms with Crippen LogP contribution in [-0.2, 0) is 21.4 Å². The topological polar surface area (TPSA) is 78.5 Å². The Morgan fingerprint density at radius 3 is 2.54 bits per heavy atom. The van der Waals surface area contributed by atoms with Gasteiger partial charge in [0.2, 0.25) is 5.91 Å². The second-order valence-corrected chi connectivity index (χ2v) is 7.13. The molecule has 1 amide bonds. The molecular weight excluding hydrogens is 326 g/mol. The molecule has 0 spiro atoms. The molecule has 1 aliphatic rings. The number of nitrogens with zero attached hydrogens (tertiary/aromatic N) is 1. The second kappa shape index (κ2) is 6.92. The van der Waals surface area contributed by atoms with E-state index in [1.165, 1.54) is 4.31 Å². The van der Waals surface area contributed by atoms with Gasteiger partial charge >= 0.3 is 10.2 Å². The van der Waals surface area contributed by atoms with Crippen LogP contribution in [0.15, 0.2) is 54.6 Å². The molecule has 24 heavy (non-hydrogen) atoms. The zero-order chi connectivity index (χ0) is 17.0. The molecule has 1 heterocycles. The van der Waals surface area contributed by atoms with Gasteiger partial charge in [-0.05, 0) is 24.1 Å². The van der Waals surface area contributed by atoms with E-state index < -0.39 is 10.2 Å². The molecule has 0 aromatic heterocycles. The highest BCUT2D eigenvalue weighted by molar-refractivity contribution is 7.94. The van der Waals surface area contributed by atoms with Gasteiger partial charge in [0.25, 0.3) is 0 Å². The summed E-state index contributed by atoms with van der Waals surface area (Å²) in [5, 5.41) is 2.78. The SMILES string of the molecule is O=C(CCc1ccccc1)NCCN1c2ccccc2NS1(=O)=O. The zero-order valence-corrected chi connectivity index (χ0v) is 13.9. The summed E-state index contributed by atoms with van der Waals surface area (Å²) in [6.07, 6.45) is 1.05. The summed E-state index contributed by atoms with van der Waals surface area (Å²) in [5.41, 5.74) is 2.27. The predicted octanol–water partition coefficient (Wildman–Crippen LogP) is 1.91. The van der Waals surface area contributed by atoms with Crippen LogP contribution in [-0.4, -0.2) is 27.4 Å². The first-order chi connectivity index (χ1) is 11.6. The highest BCUT2D eigenvalue weighted by Gasteiger charge is 2.31. The molecule has 0 aliphatic carbocycles. The third-order valence-electron chi connectivity index (χ3n) is 3.82.